The van der Waals surface area contributed by atoms with Gasteiger partial charge in [0.25, 0.3) is 11.8 Å². The van der Waals surface area contributed by atoms with Gasteiger partial charge in [-0.25, -0.2) is 14.7 Å². The average Bonchev–Trinajstić information content (AvgIpc) is 3.60. The van der Waals surface area contributed by atoms with E-state index in [1.165, 1.54) is 6.20 Å². The Kier molecular flexibility index (Phi) is 4.55. The van der Waals surface area contributed by atoms with Gasteiger partial charge in [-0.15, -0.1) is 0 Å². The molecule has 1 aromatic carbocycles. The maximum Gasteiger partial charge on any atom is 0.332 e. The first-order valence-corrected chi connectivity index (χ1v) is 11.9. The molecule has 0 radical (unpaired) electrons. The predicted octanol–water partition coefficient (Wildman–Crippen LogP) is 2.57. The highest BCUT2D eigenvalue weighted by Gasteiger charge is 2.63. The van der Waals surface area contributed by atoms with Gasteiger partial charge in [0.05, 0.1) is 29.7 Å². The average molecular weight is 484 g/mol. The second kappa shape index (κ2) is 7.37. The molecular formula is C26H25N7O3. The molecule has 3 saturated heterocycles. The number of fused-ring (bicyclic) bond motifs is 6. The van der Waals surface area contributed by atoms with E-state index in [9.17, 15) is 19.6 Å². The van der Waals surface area contributed by atoms with Crippen molar-refractivity contribution in [3.63, 3.8) is 0 Å². The summed E-state index contributed by atoms with van der Waals surface area (Å²) in [5.74, 6) is -0.557. The number of piperazine rings is 1. The third-order valence-electron chi connectivity index (χ3n) is 7.51. The number of hydrogen-bond acceptors (Lipinski definition) is 6. The van der Waals surface area contributed by atoms with Gasteiger partial charge in [0.2, 0.25) is 0 Å². The molecule has 5 heterocycles. The summed E-state index contributed by atoms with van der Waals surface area (Å²) in [6.07, 6.45) is 1.98. The number of nitrogens with zero attached hydrogens (tertiary/aromatic N) is 7. The molecule has 6 rings (SSSR count). The van der Waals surface area contributed by atoms with E-state index < -0.39 is 18.1 Å². The molecule has 4 amide bonds. The molecule has 2 bridgehead atoms. The van der Waals surface area contributed by atoms with Gasteiger partial charge in [-0.2, -0.15) is 10.4 Å². The lowest BCUT2D eigenvalue weighted by molar-refractivity contribution is -0.121. The smallest absolute Gasteiger partial charge is 0.330 e. The van der Waals surface area contributed by atoms with E-state index in [1.54, 1.807) is 45.8 Å². The lowest BCUT2D eigenvalue weighted by atomic mass is 9.92. The number of urea groups is 1. The number of anilines is 1. The maximum absolute atomic E-state index is 13.7. The van der Waals surface area contributed by atoms with Crippen LogP contribution in [0.2, 0.25) is 0 Å². The molecule has 3 aromatic rings. The summed E-state index contributed by atoms with van der Waals surface area (Å²) in [6, 6.07) is 9.18. The van der Waals surface area contributed by atoms with Crippen LogP contribution in [0.5, 0.6) is 0 Å². The predicted molar refractivity (Wildman–Crippen MR) is 130 cm³/mol. The van der Waals surface area contributed by atoms with E-state index >= 15 is 0 Å². The van der Waals surface area contributed by atoms with Crippen molar-refractivity contribution < 1.29 is 14.4 Å². The fraction of sp³-hybridized carbons (Fsp3) is 0.385. The number of amides is 4. The molecule has 3 fully saturated rings. The Bertz CT molecular complexity index is 1510. The van der Waals surface area contributed by atoms with Crippen LogP contribution in [0.1, 0.15) is 49.1 Å². The first-order chi connectivity index (χ1) is 17.1. The molecule has 10 nitrogen and oxygen atoms in total. The highest BCUT2D eigenvalue weighted by molar-refractivity contribution is 6.25. The number of rotatable bonds is 2. The summed E-state index contributed by atoms with van der Waals surface area (Å²) in [5, 5.41) is 15.1. The van der Waals surface area contributed by atoms with Crippen LogP contribution in [0, 0.1) is 11.3 Å². The van der Waals surface area contributed by atoms with Crippen LogP contribution in [0.3, 0.4) is 0 Å². The first-order valence-electron chi connectivity index (χ1n) is 11.9. The number of aryl methyl sites for hydroxylation is 1. The van der Waals surface area contributed by atoms with E-state index in [0.717, 1.165) is 10.6 Å². The first kappa shape index (κ1) is 22.2. The standard InChI is InChI=1S/C26H25N7O3/c1-26(2,3)21-10-19(30(4)29-21)23(34)31-13-14-9-18(31)22-24(35)33(25(36)32(14)22)20-12-28-17(11-27)15-7-5-6-8-16(15)20/h5-8,10,12,14,18,22H,9,13H2,1-4H3/t14?,18?,22-/m0/s1. The van der Waals surface area contributed by atoms with Crippen LogP contribution in [0.25, 0.3) is 10.8 Å². The number of carbonyl (C=O) groups excluding carboxylic acids is 3. The third kappa shape index (κ3) is 2.92. The van der Waals surface area contributed by atoms with Crippen LogP contribution in [0.4, 0.5) is 10.5 Å². The number of carbonyl (C=O) groups is 3. The third-order valence-corrected chi connectivity index (χ3v) is 7.51. The highest BCUT2D eigenvalue weighted by atomic mass is 16.2. The fourth-order valence-corrected chi connectivity index (χ4v) is 5.74. The minimum Gasteiger partial charge on any atom is -0.330 e. The van der Waals surface area contributed by atoms with E-state index in [0.29, 0.717) is 35.1 Å². The van der Waals surface area contributed by atoms with E-state index in [4.69, 9.17) is 0 Å². The normalized spacial score (nSPS) is 23.1. The van der Waals surface area contributed by atoms with Gasteiger partial charge in [-0.1, -0.05) is 45.0 Å². The lowest BCUT2D eigenvalue weighted by Gasteiger charge is -2.34. The molecule has 0 N–H and O–H groups in total. The zero-order valence-corrected chi connectivity index (χ0v) is 20.5. The Morgan fingerprint density at radius 1 is 1.17 bits per heavy atom. The molecule has 182 valence electrons. The summed E-state index contributed by atoms with van der Waals surface area (Å²) in [7, 11) is 1.75. The Morgan fingerprint density at radius 3 is 2.56 bits per heavy atom. The van der Waals surface area contributed by atoms with Gasteiger partial charge in [-0.3, -0.25) is 14.3 Å². The number of hydrogen-bond donors (Lipinski definition) is 0. The van der Waals surface area contributed by atoms with Crippen LogP contribution >= 0.6 is 0 Å². The fourth-order valence-electron chi connectivity index (χ4n) is 5.74. The summed E-state index contributed by atoms with van der Waals surface area (Å²) >= 11 is 0. The number of nitriles is 1. The molecule has 3 atom stereocenters. The number of pyridine rings is 1. The van der Waals surface area contributed by atoms with E-state index in [1.807, 2.05) is 26.8 Å². The molecule has 36 heavy (non-hydrogen) atoms. The summed E-state index contributed by atoms with van der Waals surface area (Å²) in [6.45, 7) is 6.49. The largest absolute Gasteiger partial charge is 0.332 e. The Balaban J connectivity index is 1.34. The quantitative estimate of drug-likeness (QED) is 0.518. The van der Waals surface area contributed by atoms with Crippen molar-refractivity contribution in [2.45, 2.75) is 50.7 Å². The zero-order chi connectivity index (χ0) is 25.5. The summed E-state index contributed by atoms with van der Waals surface area (Å²) in [5.41, 5.74) is 1.67. The molecule has 0 aliphatic carbocycles. The second-order valence-electron chi connectivity index (χ2n) is 10.7. The summed E-state index contributed by atoms with van der Waals surface area (Å²) in [4.78, 5) is 49.5. The highest BCUT2D eigenvalue weighted by Crippen LogP contribution is 2.44. The second-order valence-corrected chi connectivity index (χ2v) is 10.7. The number of benzene rings is 1. The van der Waals surface area contributed by atoms with Gasteiger partial charge in [0.15, 0.2) is 0 Å². The van der Waals surface area contributed by atoms with Gasteiger partial charge < -0.3 is 9.80 Å². The molecule has 3 aliphatic rings. The molecule has 2 aromatic heterocycles. The SMILES string of the molecule is Cn1nc(C(C)(C)C)cc1C(=O)N1CC2CC1[C@H]1C(=O)N(c3cnc(C#N)c4ccccc34)C(=O)N21. The lowest BCUT2D eigenvalue weighted by Crippen LogP contribution is -2.55. The maximum atomic E-state index is 13.7. The van der Waals surface area contributed by atoms with Crippen LogP contribution in [0.15, 0.2) is 36.5 Å². The zero-order valence-electron chi connectivity index (χ0n) is 20.5. The van der Waals surface area contributed by atoms with Crippen molar-refractivity contribution in [2.75, 3.05) is 11.4 Å². The van der Waals surface area contributed by atoms with E-state index in [-0.39, 0.29) is 29.0 Å². The Labute approximate surface area is 207 Å². The molecular weight excluding hydrogens is 458 g/mol. The van der Waals surface area contributed by atoms with Crippen molar-refractivity contribution in [2.24, 2.45) is 7.05 Å². The minimum atomic E-state index is -0.745. The number of likely N-dealkylation sites (tertiary alicyclic amines) is 1. The van der Waals surface area contributed by atoms with Crippen LogP contribution in [-0.2, 0) is 17.3 Å². The minimum absolute atomic E-state index is 0.183. The topological polar surface area (TPSA) is 115 Å². The monoisotopic (exact) mass is 483 g/mol. The number of aromatic nitrogens is 3. The summed E-state index contributed by atoms with van der Waals surface area (Å²) < 4.78 is 1.59. The Morgan fingerprint density at radius 2 is 1.89 bits per heavy atom. The Hall–Kier alpha value is -4.26. The van der Waals surface area contributed by atoms with Gasteiger partial charge in [0, 0.05) is 29.8 Å². The molecule has 0 saturated carbocycles. The molecule has 2 unspecified atom stereocenters. The van der Waals surface area contributed by atoms with Crippen molar-refractivity contribution in [3.8, 4) is 6.07 Å². The van der Waals surface area contributed by atoms with Gasteiger partial charge >= 0.3 is 6.03 Å². The van der Waals surface area contributed by atoms with Crippen LogP contribution < -0.4 is 4.90 Å². The van der Waals surface area contributed by atoms with Crippen molar-refractivity contribution >= 4 is 34.3 Å². The van der Waals surface area contributed by atoms with Crippen LogP contribution in [-0.4, -0.2) is 67.1 Å². The van der Waals surface area contributed by atoms with E-state index in [2.05, 4.69) is 16.2 Å². The molecule has 3 aliphatic heterocycles. The van der Waals surface area contributed by atoms with Gasteiger partial charge in [0.1, 0.15) is 23.5 Å². The van der Waals surface area contributed by atoms with Gasteiger partial charge in [-0.05, 0) is 12.5 Å². The molecule has 0 spiro atoms. The molecule has 10 heteroatoms. The van der Waals surface area contributed by atoms with Crippen molar-refractivity contribution in [3.05, 3.63) is 53.6 Å². The van der Waals surface area contributed by atoms with Crippen molar-refractivity contribution in [1.29, 1.82) is 5.26 Å². The number of imide groups is 1. The van der Waals surface area contributed by atoms with Crippen molar-refractivity contribution in [1.82, 2.24) is 24.6 Å².